The van der Waals surface area contributed by atoms with Gasteiger partial charge in [-0.25, -0.2) is 13.6 Å². The molecule has 0 bridgehead atoms. The number of sulfonamides is 1. The maximum Gasteiger partial charge on any atom is 0.240 e. The third-order valence-electron chi connectivity index (χ3n) is 4.15. The molecule has 1 saturated carbocycles. The number of benzene rings is 1. The van der Waals surface area contributed by atoms with Crippen molar-refractivity contribution in [2.24, 2.45) is 10.9 Å². The zero-order chi connectivity index (χ0) is 16.2. The molecule has 6 nitrogen and oxygen atoms in total. The molecular formula is C15H23N3O3S. The summed E-state index contributed by atoms with van der Waals surface area (Å²) < 4.78 is 22.3. The van der Waals surface area contributed by atoms with Crippen LogP contribution < -0.4 is 16.2 Å². The van der Waals surface area contributed by atoms with Gasteiger partial charge in [-0.15, -0.1) is 0 Å². The highest BCUT2D eigenvalue weighted by atomic mass is 32.2. The molecule has 22 heavy (non-hydrogen) atoms. The number of carbonyl (C=O) groups is 1. The lowest BCUT2D eigenvalue weighted by atomic mass is 9.82. The molecule has 0 radical (unpaired) electrons. The summed E-state index contributed by atoms with van der Waals surface area (Å²) in [5.41, 5.74) is 6.36. The average Bonchev–Trinajstić information content (AvgIpc) is 2.47. The van der Waals surface area contributed by atoms with E-state index in [1.54, 1.807) is 12.1 Å². The Hall–Kier alpha value is -1.44. The van der Waals surface area contributed by atoms with E-state index in [2.05, 4.69) is 5.32 Å². The van der Waals surface area contributed by atoms with Crippen LogP contribution in [0.1, 0.15) is 37.7 Å². The molecule has 1 aromatic rings. The topological polar surface area (TPSA) is 115 Å². The van der Waals surface area contributed by atoms with E-state index in [0.29, 0.717) is 13.0 Å². The van der Waals surface area contributed by atoms with Crippen LogP contribution in [0, 0.1) is 0 Å². The van der Waals surface area contributed by atoms with Gasteiger partial charge in [0.05, 0.1) is 10.4 Å². The number of nitrogens with two attached hydrogens (primary N) is 2. The normalized spacial score (nSPS) is 17.9. The van der Waals surface area contributed by atoms with Crippen molar-refractivity contribution in [2.45, 2.75) is 49.0 Å². The van der Waals surface area contributed by atoms with Crippen molar-refractivity contribution in [2.75, 3.05) is 6.54 Å². The minimum atomic E-state index is -3.66. The van der Waals surface area contributed by atoms with Crippen molar-refractivity contribution < 1.29 is 13.2 Å². The van der Waals surface area contributed by atoms with Gasteiger partial charge in [-0.2, -0.15) is 0 Å². The monoisotopic (exact) mass is 325 g/mol. The molecule has 0 aromatic heterocycles. The number of rotatable bonds is 5. The summed E-state index contributed by atoms with van der Waals surface area (Å²) in [5.74, 6) is -0.0895. The predicted octanol–water partition coefficient (Wildman–Crippen LogP) is 0.654. The fraction of sp³-hybridized carbons (Fsp3) is 0.533. The van der Waals surface area contributed by atoms with Gasteiger partial charge in [0.1, 0.15) is 0 Å². The van der Waals surface area contributed by atoms with Crippen LogP contribution in [0.25, 0.3) is 0 Å². The molecule has 0 atom stereocenters. The first kappa shape index (κ1) is 16.9. The van der Waals surface area contributed by atoms with Crippen molar-refractivity contribution in [3.05, 3.63) is 29.8 Å². The van der Waals surface area contributed by atoms with Crippen LogP contribution in [0.2, 0.25) is 0 Å². The number of hydrogen-bond donors (Lipinski definition) is 3. The molecular weight excluding hydrogens is 302 g/mol. The van der Waals surface area contributed by atoms with Gasteiger partial charge >= 0.3 is 0 Å². The van der Waals surface area contributed by atoms with E-state index in [9.17, 15) is 13.2 Å². The van der Waals surface area contributed by atoms with Gasteiger partial charge in [-0.1, -0.05) is 31.4 Å². The molecule has 0 aliphatic heterocycles. The number of nitrogens with one attached hydrogen (secondary N) is 1. The minimum absolute atomic E-state index is 0.0865. The second-order valence-electron chi connectivity index (χ2n) is 5.91. The molecule has 1 aliphatic rings. The molecule has 1 aromatic carbocycles. The first-order valence-corrected chi connectivity index (χ1v) is 9.05. The summed E-state index contributed by atoms with van der Waals surface area (Å²) in [6.07, 6.45) is 5.23. The summed E-state index contributed by atoms with van der Waals surface area (Å²) in [7, 11) is -3.66. The first-order valence-electron chi connectivity index (χ1n) is 7.50. The number of hydrogen-bond acceptors (Lipinski definition) is 4. The zero-order valence-corrected chi connectivity index (χ0v) is 13.4. The standard InChI is InChI=1S/C15H23N3O3S/c16-15(9-2-1-3-10-15)14(19)18-11-8-12-4-6-13(7-5-12)22(17,20)21/h4-7H,1-3,8-11,16H2,(H,18,19)(H2,17,20,21). The molecule has 7 heteroatoms. The van der Waals surface area contributed by atoms with Crippen molar-refractivity contribution in [1.82, 2.24) is 5.32 Å². The fourth-order valence-electron chi connectivity index (χ4n) is 2.75. The molecule has 1 amide bonds. The van der Waals surface area contributed by atoms with E-state index >= 15 is 0 Å². The Morgan fingerprint density at radius 3 is 2.27 bits per heavy atom. The summed E-state index contributed by atoms with van der Waals surface area (Å²) in [5, 5.41) is 7.92. The zero-order valence-electron chi connectivity index (χ0n) is 12.5. The van der Waals surface area contributed by atoms with E-state index < -0.39 is 15.6 Å². The number of amides is 1. The summed E-state index contributed by atoms with van der Waals surface area (Å²) in [4.78, 5) is 12.3. The van der Waals surface area contributed by atoms with Crippen molar-refractivity contribution in [1.29, 1.82) is 0 Å². The maximum atomic E-state index is 12.2. The molecule has 0 heterocycles. The predicted molar refractivity (Wildman–Crippen MR) is 84.5 cm³/mol. The second-order valence-corrected chi connectivity index (χ2v) is 7.47. The average molecular weight is 325 g/mol. The Morgan fingerprint density at radius 2 is 1.73 bits per heavy atom. The summed E-state index contributed by atoms with van der Waals surface area (Å²) in [6.45, 7) is 0.479. The molecule has 5 N–H and O–H groups in total. The fourth-order valence-corrected chi connectivity index (χ4v) is 3.27. The molecule has 2 rings (SSSR count). The van der Waals surface area contributed by atoms with Gasteiger partial charge in [0, 0.05) is 6.54 Å². The van der Waals surface area contributed by atoms with Crippen LogP contribution in [0.15, 0.2) is 29.2 Å². The number of primary sulfonamides is 1. The second kappa shape index (κ2) is 6.76. The van der Waals surface area contributed by atoms with E-state index in [1.165, 1.54) is 12.1 Å². The third kappa shape index (κ3) is 4.28. The maximum absolute atomic E-state index is 12.2. The van der Waals surface area contributed by atoms with Gasteiger partial charge in [-0.3, -0.25) is 4.79 Å². The highest BCUT2D eigenvalue weighted by Crippen LogP contribution is 2.25. The highest BCUT2D eigenvalue weighted by Gasteiger charge is 2.34. The Morgan fingerprint density at radius 1 is 1.14 bits per heavy atom. The minimum Gasteiger partial charge on any atom is -0.354 e. The molecule has 0 unspecified atom stereocenters. The quantitative estimate of drug-likeness (QED) is 0.737. The molecule has 1 fully saturated rings. The van der Waals surface area contributed by atoms with Gasteiger partial charge in [-0.05, 0) is 37.0 Å². The summed E-state index contributed by atoms with van der Waals surface area (Å²) >= 11 is 0. The first-order chi connectivity index (χ1) is 10.3. The Balaban J connectivity index is 1.84. The molecule has 0 spiro atoms. The number of carbonyl (C=O) groups excluding carboxylic acids is 1. The highest BCUT2D eigenvalue weighted by molar-refractivity contribution is 7.89. The largest absolute Gasteiger partial charge is 0.354 e. The van der Waals surface area contributed by atoms with Gasteiger partial charge in [0.15, 0.2) is 0 Å². The third-order valence-corrected chi connectivity index (χ3v) is 5.08. The van der Waals surface area contributed by atoms with Gasteiger partial charge in [0.2, 0.25) is 15.9 Å². The van der Waals surface area contributed by atoms with E-state index in [-0.39, 0.29) is 10.8 Å². The van der Waals surface area contributed by atoms with Crippen LogP contribution in [0.5, 0.6) is 0 Å². The lowest BCUT2D eigenvalue weighted by molar-refractivity contribution is -0.127. The van der Waals surface area contributed by atoms with Crippen molar-refractivity contribution >= 4 is 15.9 Å². The van der Waals surface area contributed by atoms with Crippen LogP contribution in [0.3, 0.4) is 0 Å². The van der Waals surface area contributed by atoms with E-state index in [4.69, 9.17) is 10.9 Å². The van der Waals surface area contributed by atoms with Crippen LogP contribution in [0.4, 0.5) is 0 Å². The Kier molecular flexibility index (Phi) is 5.20. The van der Waals surface area contributed by atoms with Gasteiger partial charge < -0.3 is 11.1 Å². The molecule has 1 aliphatic carbocycles. The van der Waals surface area contributed by atoms with E-state index in [0.717, 1.165) is 37.7 Å². The summed E-state index contributed by atoms with van der Waals surface area (Å²) in [6, 6.07) is 6.34. The molecule has 122 valence electrons. The molecule has 0 saturated heterocycles. The smallest absolute Gasteiger partial charge is 0.240 e. The van der Waals surface area contributed by atoms with Crippen LogP contribution >= 0.6 is 0 Å². The van der Waals surface area contributed by atoms with Gasteiger partial charge in [0.25, 0.3) is 0 Å². The van der Waals surface area contributed by atoms with E-state index in [1.807, 2.05) is 0 Å². The SMILES string of the molecule is NC1(C(=O)NCCc2ccc(S(N)(=O)=O)cc2)CCCCC1. The Labute approximate surface area is 131 Å². The lowest BCUT2D eigenvalue weighted by Gasteiger charge is -2.31. The van der Waals surface area contributed by atoms with Crippen molar-refractivity contribution in [3.8, 4) is 0 Å². The van der Waals surface area contributed by atoms with Crippen molar-refractivity contribution in [3.63, 3.8) is 0 Å². The Bertz CT molecular complexity index is 620. The lowest BCUT2D eigenvalue weighted by Crippen LogP contribution is -2.55. The van der Waals surface area contributed by atoms with Crippen LogP contribution in [-0.4, -0.2) is 26.4 Å². The van der Waals surface area contributed by atoms with Crippen LogP contribution in [-0.2, 0) is 21.2 Å².